The Kier molecular flexibility index (Phi) is 6.38. The molecule has 8 nitrogen and oxygen atoms in total. The highest BCUT2D eigenvalue weighted by Gasteiger charge is 2.28. The molecule has 182 valence electrons. The van der Waals surface area contributed by atoms with Crippen LogP contribution in [0.1, 0.15) is 10.4 Å². The molecule has 1 amide bonds. The van der Waals surface area contributed by atoms with Crippen molar-refractivity contribution in [2.45, 2.75) is 6.10 Å². The number of nitrogens with two attached hydrogens (primary N) is 2. The van der Waals surface area contributed by atoms with Crippen molar-refractivity contribution < 1.29 is 13.9 Å². The number of halogens is 1. The average molecular weight is 485 g/mol. The second-order valence-electron chi connectivity index (χ2n) is 8.43. The van der Waals surface area contributed by atoms with Crippen molar-refractivity contribution in [3.63, 3.8) is 0 Å². The van der Waals surface area contributed by atoms with Crippen LogP contribution in [0.5, 0.6) is 5.75 Å². The van der Waals surface area contributed by atoms with Crippen molar-refractivity contribution >= 4 is 28.8 Å². The van der Waals surface area contributed by atoms with E-state index < -0.39 is 11.7 Å². The van der Waals surface area contributed by atoms with Gasteiger partial charge >= 0.3 is 0 Å². The van der Waals surface area contributed by atoms with E-state index in [1.54, 1.807) is 30.3 Å². The molecule has 0 saturated carbocycles. The Balaban J connectivity index is 1.22. The number of nitrogens with one attached hydrogen (secondary N) is 2. The number of nitrogens with zero attached hydrogens (tertiary/aromatic N) is 2. The molecule has 1 aliphatic heterocycles. The summed E-state index contributed by atoms with van der Waals surface area (Å²) in [6.07, 6.45) is 0.134. The van der Waals surface area contributed by atoms with Crippen molar-refractivity contribution in [2.75, 3.05) is 34.5 Å². The van der Waals surface area contributed by atoms with Crippen LogP contribution in [-0.2, 0) is 0 Å². The number of amides is 1. The minimum absolute atomic E-state index is 0.0957. The summed E-state index contributed by atoms with van der Waals surface area (Å²) in [6.45, 7) is 1.55. The Morgan fingerprint density at radius 3 is 2.44 bits per heavy atom. The molecular formula is C27H25FN6O2. The SMILES string of the molecule is NNc1ccc(-c2ccc(F)c(C(=O)Nc3ccc(N4CC(Oc5ccccc5)C4)cc3)c2)nc1N. The first-order chi connectivity index (χ1) is 17.5. The number of ether oxygens (including phenoxy) is 1. The van der Waals surface area contributed by atoms with Gasteiger partial charge in [-0.1, -0.05) is 18.2 Å². The summed E-state index contributed by atoms with van der Waals surface area (Å²) < 4.78 is 20.4. The zero-order chi connectivity index (χ0) is 25.1. The van der Waals surface area contributed by atoms with Crippen LogP contribution in [-0.4, -0.2) is 30.1 Å². The highest BCUT2D eigenvalue weighted by Crippen LogP contribution is 2.27. The van der Waals surface area contributed by atoms with Crippen LogP contribution in [0.25, 0.3) is 11.3 Å². The van der Waals surface area contributed by atoms with Crippen LogP contribution in [0.3, 0.4) is 0 Å². The highest BCUT2D eigenvalue weighted by molar-refractivity contribution is 6.05. The minimum atomic E-state index is -0.633. The molecule has 2 heterocycles. The second kappa shape index (κ2) is 9.93. The molecule has 0 bridgehead atoms. The van der Waals surface area contributed by atoms with E-state index in [0.717, 1.165) is 24.5 Å². The number of rotatable bonds is 7. The Morgan fingerprint density at radius 2 is 1.75 bits per heavy atom. The van der Waals surface area contributed by atoms with E-state index in [-0.39, 0.29) is 17.5 Å². The maximum Gasteiger partial charge on any atom is 0.258 e. The lowest BCUT2D eigenvalue weighted by Crippen LogP contribution is -2.54. The topological polar surface area (TPSA) is 119 Å². The van der Waals surface area contributed by atoms with Gasteiger partial charge in [-0.15, -0.1) is 0 Å². The molecule has 9 heteroatoms. The number of aromatic nitrogens is 1. The number of hydrogen-bond donors (Lipinski definition) is 4. The molecule has 5 rings (SSSR count). The number of hydrazine groups is 1. The third kappa shape index (κ3) is 4.91. The van der Waals surface area contributed by atoms with Gasteiger partial charge in [0, 0.05) is 16.9 Å². The summed E-state index contributed by atoms with van der Waals surface area (Å²) in [7, 11) is 0. The van der Waals surface area contributed by atoms with Crippen LogP contribution >= 0.6 is 0 Å². The number of para-hydroxylation sites is 1. The van der Waals surface area contributed by atoms with Crippen molar-refractivity contribution in [1.82, 2.24) is 4.98 Å². The Hall–Kier alpha value is -4.63. The molecule has 36 heavy (non-hydrogen) atoms. The van der Waals surface area contributed by atoms with Crippen molar-refractivity contribution in [1.29, 1.82) is 0 Å². The number of anilines is 4. The van der Waals surface area contributed by atoms with E-state index in [4.69, 9.17) is 16.3 Å². The maximum atomic E-state index is 14.5. The van der Waals surface area contributed by atoms with Crippen molar-refractivity contribution in [2.24, 2.45) is 5.84 Å². The fourth-order valence-corrected chi connectivity index (χ4v) is 3.99. The summed E-state index contributed by atoms with van der Waals surface area (Å²) in [6, 6.07) is 24.7. The zero-order valence-corrected chi connectivity index (χ0v) is 19.3. The number of hydrogen-bond acceptors (Lipinski definition) is 7. The van der Waals surface area contributed by atoms with Crippen LogP contribution in [0.15, 0.2) is 84.9 Å². The smallest absolute Gasteiger partial charge is 0.258 e. The van der Waals surface area contributed by atoms with Gasteiger partial charge in [-0.05, 0) is 66.7 Å². The number of nitrogen functional groups attached to an aromatic ring is 2. The third-order valence-electron chi connectivity index (χ3n) is 5.97. The molecule has 6 N–H and O–H groups in total. The monoisotopic (exact) mass is 484 g/mol. The Bertz CT molecular complexity index is 1380. The molecule has 4 aromatic rings. The van der Waals surface area contributed by atoms with E-state index in [1.807, 2.05) is 42.5 Å². The second-order valence-corrected chi connectivity index (χ2v) is 8.43. The van der Waals surface area contributed by atoms with Crippen LogP contribution in [0, 0.1) is 5.82 Å². The summed E-state index contributed by atoms with van der Waals surface area (Å²) in [5.74, 6) is 5.26. The molecule has 1 aromatic heterocycles. The van der Waals surface area contributed by atoms with Gasteiger partial charge in [-0.2, -0.15) is 0 Å². The summed E-state index contributed by atoms with van der Waals surface area (Å²) in [4.78, 5) is 19.3. The lowest BCUT2D eigenvalue weighted by atomic mass is 10.1. The normalized spacial score (nSPS) is 13.1. The fraction of sp³-hybridized carbons (Fsp3) is 0.111. The number of pyridine rings is 1. The molecule has 1 aliphatic rings. The van der Waals surface area contributed by atoms with Crippen molar-refractivity contribution in [3.05, 3.63) is 96.3 Å². The lowest BCUT2D eigenvalue weighted by molar-refractivity contribution is 0.102. The van der Waals surface area contributed by atoms with Gasteiger partial charge in [0.25, 0.3) is 5.91 Å². The van der Waals surface area contributed by atoms with E-state index in [1.165, 1.54) is 12.1 Å². The maximum absolute atomic E-state index is 14.5. The van der Waals surface area contributed by atoms with Gasteiger partial charge in [0.2, 0.25) is 0 Å². The van der Waals surface area contributed by atoms with E-state index in [9.17, 15) is 9.18 Å². The standard InChI is InChI=1S/C27H25FN6O2/c28-23-11-6-17(24-12-13-25(33-30)26(29)32-24)14-22(23)27(35)31-18-7-9-19(10-8-18)34-15-21(16-34)36-20-4-2-1-3-5-20/h1-14,21,33H,15-16,30H2,(H2,29,32)(H,31,35). The molecule has 1 saturated heterocycles. The first kappa shape index (κ1) is 23.1. The van der Waals surface area contributed by atoms with Gasteiger partial charge in [0.05, 0.1) is 30.0 Å². The van der Waals surface area contributed by atoms with E-state index in [0.29, 0.717) is 22.6 Å². The summed E-state index contributed by atoms with van der Waals surface area (Å²) >= 11 is 0. The fourth-order valence-electron chi connectivity index (χ4n) is 3.99. The molecule has 0 unspecified atom stereocenters. The molecular weight excluding hydrogens is 459 g/mol. The van der Waals surface area contributed by atoms with Gasteiger partial charge in [-0.3, -0.25) is 10.6 Å². The van der Waals surface area contributed by atoms with Gasteiger partial charge < -0.3 is 26.1 Å². The number of benzene rings is 3. The summed E-state index contributed by atoms with van der Waals surface area (Å²) in [5.41, 5.74) is 11.3. The number of carbonyl (C=O) groups is 1. The molecule has 0 radical (unpaired) electrons. The number of carbonyl (C=O) groups excluding carboxylic acids is 1. The summed E-state index contributed by atoms with van der Waals surface area (Å²) in [5, 5.41) is 2.76. The molecule has 3 aromatic carbocycles. The molecule has 0 spiro atoms. The minimum Gasteiger partial charge on any atom is -0.487 e. The Labute approximate surface area is 207 Å². The van der Waals surface area contributed by atoms with Crippen molar-refractivity contribution in [3.8, 4) is 17.0 Å². The van der Waals surface area contributed by atoms with Crippen LogP contribution < -0.4 is 32.0 Å². The highest BCUT2D eigenvalue weighted by atomic mass is 19.1. The lowest BCUT2D eigenvalue weighted by Gasteiger charge is -2.40. The third-order valence-corrected chi connectivity index (χ3v) is 5.97. The van der Waals surface area contributed by atoms with E-state index >= 15 is 0 Å². The van der Waals surface area contributed by atoms with Gasteiger partial charge in [0.1, 0.15) is 23.5 Å². The van der Waals surface area contributed by atoms with E-state index in [2.05, 4.69) is 20.6 Å². The average Bonchev–Trinajstić information content (AvgIpc) is 2.87. The van der Waals surface area contributed by atoms with Gasteiger partial charge in [-0.25, -0.2) is 9.37 Å². The molecule has 0 atom stereocenters. The first-order valence-electron chi connectivity index (χ1n) is 11.4. The van der Waals surface area contributed by atoms with Crippen LogP contribution in [0.4, 0.5) is 27.3 Å². The first-order valence-corrected chi connectivity index (χ1v) is 11.4. The Morgan fingerprint density at radius 1 is 1.00 bits per heavy atom. The predicted molar refractivity (Wildman–Crippen MR) is 139 cm³/mol. The zero-order valence-electron chi connectivity index (χ0n) is 19.3. The molecule has 0 aliphatic carbocycles. The van der Waals surface area contributed by atoms with Crippen LogP contribution in [0.2, 0.25) is 0 Å². The predicted octanol–water partition coefficient (Wildman–Crippen LogP) is 4.28. The quantitative estimate of drug-likeness (QED) is 0.228. The van der Waals surface area contributed by atoms with Gasteiger partial charge in [0.15, 0.2) is 0 Å². The largest absolute Gasteiger partial charge is 0.487 e. The molecule has 1 fully saturated rings.